The molecule has 2 rings (SSSR count). The van der Waals surface area contributed by atoms with Gasteiger partial charge in [-0.05, 0) is 74.5 Å². The summed E-state index contributed by atoms with van der Waals surface area (Å²) in [5.41, 5.74) is 0. The van der Waals surface area contributed by atoms with Gasteiger partial charge in [0.1, 0.15) is 30.5 Å². The number of hydrogen-bond acceptors (Lipinski definition) is 16. The lowest BCUT2D eigenvalue weighted by molar-refractivity contribution is -0.374. The number of carbonyl (C=O) groups is 2. The van der Waals surface area contributed by atoms with Crippen molar-refractivity contribution in [3.8, 4) is 0 Å². The normalized spacial score (nSPS) is 26.3. The molecule has 2 aliphatic rings. The first-order valence-corrected chi connectivity index (χ1v) is 33.5. The molecule has 0 aromatic heterocycles. The molecule has 2 heterocycles. The van der Waals surface area contributed by atoms with Crippen molar-refractivity contribution in [1.82, 2.24) is 0 Å². The number of rotatable bonds is 48. The first-order chi connectivity index (χ1) is 38.1. The van der Waals surface area contributed by atoms with Gasteiger partial charge in [0.05, 0.1) is 25.2 Å². The van der Waals surface area contributed by atoms with E-state index in [0.29, 0.717) is 30.6 Å². The Morgan fingerprint density at radius 3 is 1.31 bits per heavy atom. The van der Waals surface area contributed by atoms with Crippen molar-refractivity contribution >= 4 is 22.3 Å². The topological polar surface area (TPSA) is 265 Å². The molecule has 17 nitrogen and oxygen atoms in total. The van der Waals surface area contributed by atoms with Crippen molar-refractivity contribution in [2.24, 2.45) is 35.5 Å². The number of esters is 2. The number of hydrogen-bond donors (Lipinski definition) is 7. The van der Waals surface area contributed by atoms with Gasteiger partial charge in [-0.15, -0.1) is 0 Å². The molecule has 17 unspecified atom stereocenters. The van der Waals surface area contributed by atoms with Gasteiger partial charge in [-0.3, -0.25) is 14.1 Å². The largest absolute Gasteiger partial charge is 0.455 e. The molecule has 0 aromatic carbocycles. The van der Waals surface area contributed by atoms with Crippen LogP contribution in [0, 0.1) is 35.5 Å². The standard InChI is InChI=1S/C62H118O17S/c1-9-11-13-15-17-19-21-23-25-27-29-31-33-35-50(65)48(7)40-46(5)38-44(3)37-45(4)39-47(6)41-49(8)60(70)77-59-57(76-53(66)36-34-32-30-28-26-24-22-20-18-16-14-12-10-2)55(68)52(43-64)75-62(59)78-61-58(79-80(71,72)73)56(69)54(67)51(42-63)74-61/h44-52,54-59,61-65,67-69H,9-43H2,1-8H3,(H,71,72,73). The molecule has 0 amide bonds. The van der Waals surface area contributed by atoms with E-state index in [0.717, 1.165) is 64.2 Å². The summed E-state index contributed by atoms with van der Waals surface area (Å²) in [4.78, 5) is 27.6. The zero-order valence-electron chi connectivity index (χ0n) is 51.2. The van der Waals surface area contributed by atoms with Gasteiger partial charge in [-0.25, -0.2) is 4.18 Å². The molecule has 2 saturated heterocycles. The lowest BCUT2D eigenvalue weighted by Crippen LogP contribution is -2.65. The highest BCUT2D eigenvalue weighted by atomic mass is 32.3. The Labute approximate surface area is 485 Å². The molecule has 0 saturated carbocycles. The van der Waals surface area contributed by atoms with Gasteiger partial charge in [-0.2, -0.15) is 8.42 Å². The summed E-state index contributed by atoms with van der Waals surface area (Å²) in [5, 5.41) is 64.2. The molecule has 18 heteroatoms. The third kappa shape index (κ3) is 31.5. The predicted molar refractivity (Wildman–Crippen MR) is 311 cm³/mol. The van der Waals surface area contributed by atoms with Crippen LogP contribution in [0.25, 0.3) is 0 Å². The van der Waals surface area contributed by atoms with Crippen LogP contribution in [0.15, 0.2) is 0 Å². The predicted octanol–water partition coefficient (Wildman–Crippen LogP) is 11.6. The minimum absolute atomic E-state index is 0.0263. The Balaban J connectivity index is 2.02. The molecule has 0 aliphatic carbocycles. The summed E-state index contributed by atoms with van der Waals surface area (Å²) >= 11 is 0. The third-order valence-electron chi connectivity index (χ3n) is 16.7. The first-order valence-electron chi connectivity index (χ1n) is 32.1. The monoisotopic (exact) mass is 1170 g/mol. The average molecular weight is 1170 g/mol. The van der Waals surface area contributed by atoms with Crippen LogP contribution in [0.2, 0.25) is 0 Å². The molecule has 0 spiro atoms. The van der Waals surface area contributed by atoms with E-state index in [4.69, 9.17) is 23.7 Å². The zero-order valence-corrected chi connectivity index (χ0v) is 52.0. The van der Waals surface area contributed by atoms with E-state index in [2.05, 4.69) is 52.6 Å². The van der Waals surface area contributed by atoms with E-state index in [9.17, 15) is 53.2 Å². The summed E-state index contributed by atoms with van der Waals surface area (Å²) in [7, 11) is -5.32. The fourth-order valence-electron chi connectivity index (χ4n) is 12.3. The minimum atomic E-state index is -5.32. The molecule has 0 aromatic rings. The maximum absolute atomic E-state index is 14.1. The Bertz CT molecular complexity index is 1670. The van der Waals surface area contributed by atoms with Crippen molar-refractivity contribution in [3.05, 3.63) is 0 Å². The molecule has 2 fully saturated rings. The summed E-state index contributed by atoms with van der Waals surface area (Å²) in [5.74, 6) is -0.639. The van der Waals surface area contributed by atoms with Crippen LogP contribution < -0.4 is 0 Å². The van der Waals surface area contributed by atoms with Crippen molar-refractivity contribution in [2.45, 2.75) is 335 Å². The summed E-state index contributed by atoms with van der Waals surface area (Å²) in [6, 6.07) is 0. The van der Waals surface area contributed by atoms with Crippen LogP contribution in [0.4, 0.5) is 0 Å². The SMILES string of the molecule is CCCCCCCCCCCCCCCC(=O)OC1C(O)C(CO)OC(OC2OC(CO)C(O)C(O)C2OS(=O)(=O)O)C1OC(=O)C(C)CC(C)CC(C)CC(C)CC(C)CC(C)C(O)CCCCCCCCCCCCCCC. The lowest BCUT2D eigenvalue weighted by Gasteiger charge is -2.46. The summed E-state index contributed by atoms with van der Waals surface area (Å²) < 4.78 is 67.3. The summed E-state index contributed by atoms with van der Waals surface area (Å²) in [6.45, 7) is 15.5. The van der Waals surface area contributed by atoms with E-state index >= 15 is 0 Å². The Kier molecular flexibility index (Phi) is 40.2. The van der Waals surface area contributed by atoms with Crippen LogP contribution in [0.3, 0.4) is 0 Å². The van der Waals surface area contributed by atoms with Crippen molar-refractivity contribution in [2.75, 3.05) is 13.2 Å². The molecule has 80 heavy (non-hydrogen) atoms. The van der Waals surface area contributed by atoms with Crippen LogP contribution in [-0.2, 0) is 47.9 Å². The summed E-state index contributed by atoms with van der Waals surface area (Å²) in [6.07, 6.45) is 17.8. The van der Waals surface area contributed by atoms with E-state index in [1.54, 1.807) is 6.92 Å². The van der Waals surface area contributed by atoms with Gasteiger partial charge >= 0.3 is 22.3 Å². The second kappa shape index (κ2) is 43.1. The van der Waals surface area contributed by atoms with E-state index in [1.807, 2.05) is 0 Å². The smallest absolute Gasteiger partial charge is 0.397 e. The average Bonchev–Trinajstić information content (AvgIpc) is 3.39. The lowest BCUT2D eigenvalue weighted by atomic mass is 9.81. The van der Waals surface area contributed by atoms with Crippen molar-refractivity contribution < 1.29 is 81.1 Å². The van der Waals surface area contributed by atoms with E-state index < -0.39 is 103 Å². The minimum Gasteiger partial charge on any atom is -0.455 e. The molecule has 474 valence electrons. The van der Waals surface area contributed by atoms with Crippen molar-refractivity contribution in [3.63, 3.8) is 0 Å². The van der Waals surface area contributed by atoms with Gasteiger partial charge in [0, 0.05) is 6.42 Å². The highest BCUT2D eigenvalue weighted by Crippen LogP contribution is 2.35. The second-order valence-electron chi connectivity index (χ2n) is 25.0. The van der Waals surface area contributed by atoms with E-state index in [-0.39, 0.29) is 24.4 Å². The maximum Gasteiger partial charge on any atom is 0.397 e. The van der Waals surface area contributed by atoms with Crippen molar-refractivity contribution in [1.29, 1.82) is 0 Å². The maximum atomic E-state index is 14.1. The van der Waals surface area contributed by atoms with Gasteiger partial charge in [0.2, 0.25) is 6.29 Å². The highest BCUT2D eigenvalue weighted by molar-refractivity contribution is 7.80. The van der Waals surface area contributed by atoms with Gasteiger partial charge in [0.25, 0.3) is 0 Å². The molecular weight excluding hydrogens is 1050 g/mol. The van der Waals surface area contributed by atoms with Gasteiger partial charge in [-0.1, -0.05) is 216 Å². The zero-order chi connectivity index (χ0) is 59.5. The fourth-order valence-corrected chi connectivity index (χ4v) is 12.8. The molecule has 17 atom stereocenters. The molecule has 7 N–H and O–H groups in total. The molecule has 0 radical (unpaired) electrons. The van der Waals surface area contributed by atoms with Crippen LogP contribution >= 0.6 is 0 Å². The fraction of sp³-hybridized carbons (Fsp3) is 0.968. The Morgan fingerprint density at radius 1 is 0.487 bits per heavy atom. The second-order valence-corrected chi connectivity index (χ2v) is 26.0. The first kappa shape index (κ1) is 74.6. The molecule has 2 aliphatic heterocycles. The molecule has 0 bridgehead atoms. The number of carbonyl (C=O) groups excluding carboxylic acids is 2. The Hall–Kier alpha value is -1.55. The van der Waals surface area contributed by atoms with Gasteiger partial charge < -0.3 is 54.3 Å². The third-order valence-corrected chi connectivity index (χ3v) is 17.2. The number of aliphatic hydroxyl groups is 6. The molecular formula is C62H118O17S. The van der Waals surface area contributed by atoms with Gasteiger partial charge in [0.15, 0.2) is 24.6 Å². The number of ether oxygens (including phenoxy) is 5. The number of aliphatic hydroxyl groups excluding tert-OH is 6. The van der Waals surface area contributed by atoms with Crippen LogP contribution in [0.1, 0.15) is 267 Å². The van der Waals surface area contributed by atoms with E-state index in [1.165, 1.54) is 128 Å². The highest BCUT2D eigenvalue weighted by Gasteiger charge is 2.55. The van der Waals surface area contributed by atoms with Crippen LogP contribution in [0.5, 0.6) is 0 Å². The Morgan fingerprint density at radius 2 is 0.875 bits per heavy atom. The van der Waals surface area contributed by atoms with Crippen LogP contribution in [-0.4, -0.2) is 136 Å². The number of unbranched alkanes of at least 4 members (excludes halogenated alkanes) is 24. The quantitative estimate of drug-likeness (QED) is 0.0170.